The highest BCUT2D eigenvalue weighted by molar-refractivity contribution is 9.10. The molecule has 1 N–H and O–H groups in total. The molecule has 1 fully saturated rings. The molecule has 27 heavy (non-hydrogen) atoms. The Labute approximate surface area is 167 Å². The molecule has 1 aliphatic heterocycles. The van der Waals surface area contributed by atoms with E-state index in [0.29, 0.717) is 17.0 Å². The predicted octanol–water partition coefficient (Wildman–Crippen LogP) is 4.48. The lowest BCUT2D eigenvalue weighted by molar-refractivity contribution is -0.118. The van der Waals surface area contributed by atoms with Crippen LogP contribution in [0.1, 0.15) is 36.5 Å². The smallest absolute Gasteiger partial charge is 0.262 e. The van der Waals surface area contributed by atoms with Gasteiger partial charge in [-0.3, -0.25) is 9.59 Å². The van der Waals surface area contributed by atoms with E-state index in [1.807, 2.05) is 23.1 Å². The number of hydrogen-bond acceptors (Lipinski definition) is 3. The number of carbonyl (C=O) groups excluding carboxylic acids is 2. The van der Waals surface area contributed by atoms with E-state index in [2.05, 4.69) is 28.2 Å². The molecule has 2 amide bonds. The third kappa shape index (κ3) is 5.10. The lowest BCUT2D eigenvalue weighted by Gasteiger charge is -2.33. The maximum atomic E-state index is 12.9. The van der Waals surface area contributed by atoms with Gasteiger partial charge in [-0.25, -0.2) is 0 Å². The minimum atomic E-state index is -0.272. The van der Waals surface area contributed by atoms with Crippen LogP contribution < -0.4 is 10.1 Å². The molecule has 0 bridgehead atoms. The third-order valence-electron chi connectivity index (χ3n) is 4.67. The fourth-order valence-corrected chi connectivity index (χ4v) is 3.46. The Morgan fingerprint density at radius 3 is 2.63 bits per heavy atom. The first-order chi connectivity index (χ1) is 13.0. The summed E-state index contributed by atoms with van der Waals surface area (Å²) in [7, 11) is 0. The van der Waals surface area contributed by atoms with Crippen molar-refractivity contribution in [2.24, 2.45) is 0 Å². The van der Waals surface area contributed by atoms with E-state index in [-0.39, 0.29) is 24.5 Å². The Kier molecular flexibility index (Phi) is 6.50. The summed E-state index contributed by atoms with van der Waals surface area (Å²) in [5, 5.41) is 2.78. The van der Waals surface area contributed by atoms with E-state index < -0.39 is 0 Å². The van der Waals surface area contributed by atoms with Crippen molar-refractivity contribution in [3.05, 3.63) is 58.6 Å². The van der Waals surface area contributed by atoms with Gasteiger partial charge in [0.1, 0.15) is 5.75 Å². The van der Waals surface area contributed by atoms with Gasteiger partial charge >= 0.3 is 0 Å². The normalized spacial score (nSPS) is 16.7. The number of likely N-dealkylation sites (tertiary alicyclic amines) is 1. The van der Waals surface area contributed by atoms with Gasteiger partial charge in [-0.2, -0.15) is 0 Å². The molecular formula is C21H23BrN2O3. The molecule has 0 aliphatic carbocycles. The Morgan fingerprint density at radius 2 is 1.89 bits per heavy atom. The summed E-state index contributed by atoms with van der Waals surface area (Å²) in [6, 6.07) is 14.6. The van der Waals surface area contributed by atoms with Crippen molar-refractivity contribution in [3.63, 3.8) is 0 Å². The minimum Gasteiger partial charge on any atom is -0.483 e. The van der Waals surface area contributed by atoms with Crippen LogP contribution in [0, 0.1) is 0 Å². The standard InChI is InChI=1S/C21H23BrN2O3/c1-15-6-4-5-13-24(15)21(26)18-7-2-3-8-19(18)27-14-20(25)23-17-11-9-16(22)10-12-17/h2-3,7-12,15H,4-6,13-14H2,1H3,(H,23,25). The Bertz CT molecular complexity index is 807. The average Bonchev–Trinajstić information content (AvgIpc) is 2.68. The first-order valence-electron chi connectivity index (χ1n) is 9.13. The first kappa shape index (κ1) is 19.4. The van der Waals surface area contributed by atoms with E-state index in [1.165, 1.54) is 0 Å². The number of halogens is 1. The van der Waals surface area contributed by atoms with Crippen molar-refractivity contribution in [2.75, 3.05) is 18.5 Å². The van der Waals surface area contributed by atoms with Crippen LogP contribution >= 0.6 is 15.9 Å². The van der Waals surface area contributed by atoms with E-state index in [9.17, 15) is 9.59 Å². The largest absolute Gasteiger partial charge is 0.483 e. The van der Waals surface area contributed by atoms with Gasteiger partial charge in [-0.1, -0.05) is 28.1 Å². The minimum absolute atomic E-state index is 0.0360. The van der Waals surface area contributed by atoms with Crippen LogP contribution in [0.25, 0.3) is 0 Å². The molecule has 1 unspecified atom stereocenters. The van der Waals surface area contributed by atoms with Crippen LogP contribution in [-0.4, -0.2) is 35.9 Å². The van der Waals surface area contributed by atoms with Gasteiger partial charge in [-0.15, -0.1) is 0 Å². The number of piperidine rings is 1. The van der Waals surface area contributed by atoms with Gasteiger partial charge < -0.3 is 15.0 Å². The number of amides is 2. The number of carbonyl (C=O) groups is 2. The molecule has 3 rings (SSSR count). The van der Waals surface area contributed by atoms with Crippen molar-refractivity contribution in [3.8, 4) is 5.75 Å². The molecule has 1 heterocycles. The first-order valence-corrected chi connectivity index (χ1v) is 9.92. The van der Waals surface area contributed by atoms with Gasteiger partial charge in [-0.05, 0) is 62.6 Å². The van der Waals surface area contributed by atoms with Crippen molar-refractivity contribution >= 4 is 33.4 Å². The summed E-state index contributed by atoms with van der Waals surface area (Å²) >= 11 is 3.36. The quantitative estimate of drug-likeness (QED) is 0.760. The molecule has 0 aromatic heterocycles. The SMILES string of the molecule is CC1CCCCN1C(=O)c1ccccc1OCC(=O)Nc1ccc(Br)cc1. The number of rotatable bonds is 5. The van der Waals surface area contributed by atoms with Crippen LogP contribution in [0.2, 0.25) is 0 Å². The summed E-state index contributed by atoms with van der Waals surface area (Å²) in [4.78, 5) is 27.0. The fourth-order valence-electron chi connectivity index (χ4n) is 3.20. The maximum Gasteiger partial charge on any atom is 0.262 e. The van der Waals surface area contributed by atoms with Crippen LogP contribution in [-0.2, 0) is 4.79 Å². The molecular weight excluding hydrogens is 408 g/mol. The van der Waals surface area contributed by atoms with Gasteiger partial charge in [0.05, 0.1) is 5.56 Å². The molecule has 142 valence electrons. The number of anilines is 1. The molecule has 0 spiro atoms. The molecule has 0 saturated carbocycles. The van der Waals surface area contributed by atoms with Crippen molar-refractivity contribution in [1.82, 2.24) is 4.90 Å². The summed E-state index contributed by atoms with van der Waals surface area (Å²) in [5.74, 6) is 0.128. The molecule has 1 atom stereocenters. The second-order valence-electron chi connectivity index (χ2n) is 6.68. The highest BCUT2D eigenvalue weighted by atomic mass is 79.9. The topological polar surface area (TPSA) is 58.6 Å². The molecule has 2 aromatic rings. The Balaban J connectivity index is 1.64. The fraction of sp³-hybridized carbons (Fsp3) is 0.333. The zero-order valence-electron chi connectivity index (χ0n) is 15.3. The van der Waals surface area contributed by atoms with Crippen molar-refractivity contribution < 1.29 is 14.3 Å². The Morgan fingerprint density at radius 1 is 1.15 bits per heavy atom. The van der Waals surface area contributed by atoms with Crippen molar-refractivity contribution in [2.45, 2.75) is 32.2 Å². The lowest BCUT2D eigenvalue weighted by Crippen LogP contribution is -2.42. The summed E-state index contributed by atoms with van der Waals surface area (Å²) in [6.07, 6.45) is 3.19. The second-order valence-corrected chi connectivity index (χ2v) is 7.60. The van der Waals surface area contributed by atoms with Crippen LogP contribution in [0.15, 0.2) is 53.0 Å². The molecule has 5 nitrogen and oxygen atoms in total. The van der Waals surface area contributed by atoms with E-state index >= 15 is 0 Å². The number of hydrogen-bond donors (Lipinski definition) is 1. The van der Waals surface area contributed by atoms with E-state index in [1.54, 1.807) is 30.3 Å². The lowest BCUT2D eigenvalue weighted by atomic mass is 10.0. The molecule has 0 radical (unpaired) electrons. The molecule has 6 heteroatoms. The average molecular weight is 431 g/mol. The highest BCUT2D eigenvalue weighted by Crippen LogP contribution is 2.24. The van der Waals surface area contributed by atoms with E-state index in [4.69, 9.17) is 4.74 Å². The highest BCUT2D eigenvalue weighted by Gasteiger charge is 2.26. The number of nitrogens with zero attached hydrogens (tertiary/aromatic N) is 1. The Hall–Kier alpha value is -2.34. The number of benzene rings is 2. The van der Waals surface area contributed by atoms with Crippen LogP contribution in [0.5, 0.6) is 5.75 Å². The molecule has 2 aromatic carbocycles. The van der Waals surface area contributed by atoms with Crippen LogP contribution in [0.3, 0.4) is 0 Å². The zero-order valence-corrected chi connectivity index (χ0v) is 16.9. The summed E-state index contributed by atoms with van der Waals surface area (Å²) in [6.45, 7) is 2.68. The number of nitrogens with one attached hydrogen (secondary N) is 1. The zero-order chi connectivity index (χ0) is 19.2. The third-order valence-corrected chi connectivity index (χ3v) is 5.20. The number of ether oxygens (including phenoxy) is 1. The molecule has 1 saturated heterocycles. The second kappa shape index (κ2) is 9.04. The van der Waals surface area contributed by atoms with Gasteiger partial charge in [0.25, 0.3) is 11.8 Å². The number of para-hydroxylation sites is 1. The monoisotopic (exact) mass is 430 g/mol. The summed E-state index contributed by atoms with van der Waals surface area (Å²) < 4.78 is 6.61. The molecule has 1 aliphatic rings. The van der Waals surface area contributed by atoms with Crippen LogP contribution in [0.4, 0.5) is 5.69 Å². The predicted molar refractivity (Wildman–Crippen MR) is 109 cm³/mol. The van der Waals surface area contributed by atoms with Gasteiger partial charge in [0, 0.05) is 22.7 Å². The van der Waals surface area contributed by atoms with Crippen molar-refractivity contribution in [1.29, 1.82) is 0 Å². The van der Waals surface area contributed by atoms with Gasteiger partial charge in [0.2, 0.25) is 0 Å². The maximum absolute atomic E-state index is 12.9. The summed E-state index contributed by atoms with van der Waals surface area (Å²) in [5.41, 5.74) is 1.20. The van der Waals surface area contributed by atoms with E-state index in [0.717, 1.165) is 30.3 Å². The van der Waals surface area contributed by atoms with Gasteiger partial charge in [0.15, 0.2) is 6.61 Å².